The van der Waals surface area contributed by atoms with Gasteiger partial charge in [-0.2, -0.15) is 0 Å². The lowest BCUT2D eigenvalue weighted by molar-refractivity contribution is -0.155. The summed E-state index contributed by atoms with van der Waals surface area (Å²) >= 11 is 0. The maximum Gasteiger partial charge on any atom is 0.302 e. The first-order chi connectivity index (χ1) is 12.4. The number of pyridine rings is 1. The van der Waals surface area contributed by atoms with Gasteiger partial charge in [0, 0.05) is 25.4 Å². The summed E-state index contributed by atoms with van der Waals surface area (Å²) in [5.74, 6) is -1.42. The highest BCUT2D eigenvalue weighted by Gasteiger charge is 2.40. The molecular weight excluding hydrogens is 336 g/mol. The van der Waals surface area contributed by atoms with Gasteiger partial charge in [0.25, 0.3) is 0 Å². The summed E-state index contributed by atoms with van der Waals surface area (Å²) in [5.41, 5.74) is -0.00113. The van der Waals surface area contributed by atoms with Crippen LogP contribution in [0.15, 0.2) is 36.5 Å². The number of nitrogens with one attached hydrogen (secondary N) is 1. The quantitative estimate of drug-likeness (QED) is 0.765. The third kappa shape index (κ3) is 4.56. The van der Waals surface area contributed by atoms with Crippen LogP contribution in [0.1, 0.15) is 27.2 Å². The van der Waals surface area contributed by atoms with Gasteiger partial charge in [-0.1, -0.05) is 25.1 Å². The zero-order chi connectivity index (χ0) is 19.2. The first-order valence-electron chi connectivity index (χ1n) is 8.30. The number of aromatic nitrogens is 1. The predicted molar refractivity (Wildman–Crippen MR) is 96.4 cm³/mol. The molecule has 1 aromatic heterocycles. The average Bonchev–Trinajstić information content (AvgIpc) is 2.62. The molecule has 1 amide bonds. The number of para-hydroxylation sites is 1. The maximum atomic E-state index is 13.0. The van der Waals surface area contributed by atoms with Crippen molar-refractivity contribution in [1.29, 1.82) is 0 Å². The lowest BCUT2D eigenvalue weighted by Gasteiger charge is -2.30. The summed E-state index contributed by atoms with van der Waals surface area (Å²) in [7, 11) is 0. The van der Waals surface area contributed by atoms with Crippen LogP contribution in [0.3, 0.4) is 0 Å². The largest absolute Gasteiger partial charge is 0.465 e. The first kappa shape index (κ1) is 19.4. The highest BCUT2D eigenvalue weighted by molar-refractivity contribution is 6.02. The number of benzene rings is 1. The van der Waals surface area contributed by atoms with Crippen molar-refractivity contribution in [3.63, 3.8) is 0 Å². The van der Waals surface area contributed by atoms with Crippen molar-refractivity contribution in [2.45, 2.75) is 27.2 Å². The number of carbonyl (C=O) groups is 3. The smallest absolute Gasteiger partial charge is 0.302 e. The van der Waals surface area contributed by atoms with Crippen LogP contribution in [0.25, 0.3) is 10.9 Å². The summed E-state index contributed by atoms with van der Waals surface area (Å²) in [6.07, 6.45) is 1.96. The molecule has 2 rings (SSSR count). The average molecular weight is 358 g/mol. The Bertz CT molecular complexity index is 795. The minimum Gasteiger partial charge on any atom is -0.465 e. The van der Waals surface area contributed by atoms with Gasteiger partial charge in [-0.15, -0.1) is 0 Å². The van der Waals surface area contributed by atoms with E-state index in [4.69, 9.17) is 9.47 Å². The van der Waals surface area contributed by atoms with Crippen LogP contribution in [-0.2, 0) is 23.9 Å². The summed E-state index contributed by atoms with van der Waals surface area (Å²) in [6.45, 7) is 3.93. The molecular formula is C19H22N2O5. The molecule has 0 saturated carbocycles. The van der Waals surface area contributed by atoms with Crippen molar-refractivity contribution >= 4 is 34.4 Å². The van der Waals surface area contributed by atoms with Gasteiger partial charge in [0.2, 0.25) is 5.91 Å². The zero-order valence-corrected chi connectivity index (χ0v) is 15.1. The Morgan fingerprint density at radius 1 is 1.04 bits per heavy atom. The third-order valence-corrected chi connectivity index (χ3v) is 4.14. The molecule has 0 aliphatic rings. The van der Waals surface area contributed by atoms with Crippen LogP contribution < -0.4 is 5.32 Å². The fourth-order valence-corrected chi connectivity index (χ4v) is 2.48. The molecule has 1 heterocycles. The molecule has 0 atom stereocenters. The molecule has 0 saturated heterocycles. The molecule has 0 bridgehead atoms. The van der Waals surface area contributed by atoms with Crippen molar-refractivity contribution in [2.24, 2.45) is 5.41 Å². The Morgan fingerprint density at radius 2 is 1.65 bits per heavy atom. The van der Waals surface area contributed by atoms with Gasteiger partial charge in [0.1, 0.15) is 18.6 Å². The number of anilines is 1. The molecule has 0 fully saturated rings. The van der Waals surface area contributed by atoms with E-state index in [0.29, 0.717) is 17.6 Å². The van der Waals surface area contributed by atoms with E-state index in [2.05, 4.69) is 10.3 Å². The topological polar surface area (TPSA) is 94.6 Å². The number of esters is 2. The van der Waals surface area contributed by atoms with Crippen LogP contribution in [0, 0.1) is 5.41 Å². The van der Waals surface area contributed by atoms with Crippen LogP contribution in [0.2, 0.25) is 0 Å². The van der Waals surface area contributed by atoms with Crippen LogP contribution in [0.4, 0.5) is 5.69 Å². The number of rotatable bonds is 7. The standard InChI is InChI=1S/C19H22N2O5/c1-4-19(11-25-13(2)22,12-26-14(3)23)18(24)21-16-9-5-7-15-8-6-10-20-17(15)16/h5-10H,4,11-12H2,1-3H3,(H,21,24). The van der Waals surface area contributed by atoms with Gasteiger partial charge < -0.3 is 14.8 Å². The molecule has 1 N–H and O–H groups in total. The first-order valence-corrected chi connectivity index (χ1v) is 8.30. The van der Waals surface area contributed by atoms with Crippen molar-refractivity contribution < 1.29 is 23.9 Å². The number of hydrogen-bond donors (Lipinski definition) is 1. The summed E-state index contributed by atoms with van der Waals surface area (Å²) in [6, 6.07) is 9.15. The minimum atomic E-state index is -1.19. The summed E-state index contributed by atoms with van der Waals surface area (Å²) < 4.78 is 10.1. The number of amides is 1. The van der Waals surface area contributed by atoms with Gasteiger partial charge >= 0.3 is 11.9 Å². The highest BCUT2D eigenvalue weighted by Crippen LogP contribution is 2.28. The van der Waals surface area contributed by atoms with Gasteiger partial charge in [-0.3, -0.25) is 19.4 Å². The Balaban J connectivity index is 2.31. The van der Waals surface area contributed by atoms with Crippen molar-refractivity contribution in [2.75, 3.05) is 18.5 Å². The Labute approximate surface area is 151 Å². The SMILES string of the molecule is CCC(COC(C)=O)(COC(C)=O)C(=O)Nc1cccc2cccnc12. The van der Waals surface area contributed by atoms with E-state index >= 15 is 0 Å². The molecule has 138 valence electrons. The lowest BCUT2D eigenvalue weighted by atomic mass is 9.85. The third-order valence-electron chi connectivity index (χ3n) is 4.14. The monoisotopic (exact) mass is 358 g/mol. The van der Waals surface area contributed by atoms with E-state index in [1.165, 1.54) is 13.8 Å². The van der Waals surface area contributed by atoms with Gasteiger partial charge in [0.05, 0.1) is 11.2 Å². The minimum absolute atomic E-state index is 0.184. The van der Waals surface area contributed by atoms with E-state index < -0.39 is 23.3 Å². The summed E-state index contributed by atoms with van der Waals surface area (Å²) in [4.78, 5) is 39.8. The number of fused-ring (bicyclic) bond motifs is 1. The Hall–Kier alpha value is -2.96. The molecule has 2 aromatic rings. The molecule has 0 unspecified atom stereocenters. The molecule has 0 spiro atoms. The van der Waals surface area contributed by atoms with E-state index in [9.17, 15) is 14.4 Å². The molecule has 26 heavy (non-hydrogen) atoms. The number of nitrogens with zero attached hydrogens (tertiary/aromatic N) is 1. The molecule has 0 radical (unpaired) electrons. The second-order valence-corrected chi connectivity index (χ2v) is 6.03. The van der Waals surface area contributed by atoms with Crippen LogP contribution in [-0.4, -0.2) is 36.0 Å². The molecule has 0 aliphatic carbocycles. The van der Waals surface area contributed by atoms with E-state index in [0.717, 1.165) is 5.39 Å². The zero-order valence-electron chi connectivity index (χ0n) is 15.1. The van der Waals surface area contributed by atoms with E-state index in [-0.39, 0.29) is 13.2 Å². The fraction of sp³-hybridized carbons (Fsp3) is 0.368. The maximum absolute atomic E-state index is 13.0. The van der Waals surface area contributed by atoms with Crippen molar-refractivity contribution in [3.05, 3.63) is 36.5 Å². The van der Waals surface area contributed by atoms with Crippen LogP contribution >= 0.6 is 0 Å². The number of ether oxygens (including phenoxy) is 2. The van der Waals surface area contributed by atoms with Crippen molar-refractivity contribution in [1.82, 2.24) is 4.98 Å². The normalized spacial score (nSPS) is 11.0. The molecule has 1 aromatic carbocycles. The van der Waals surface area contributed by atoms with E-state index in [1.54, 1.807) is 19.2 Å². The molecule has 0 aliphatic heterocycles. The Morgan fingerprint density at radius 3 is 2.23 bits per heavy atom. The summed E-state index contributed by atoms with van der Waals surface area (Å²) in [5, 5.41) is 3.72. The lowest BCUT2D eigenvalue weighted by Crippen LogP contribution is -2.44. The highest BCUT2D eigenvalue weighted by atomic mass is 16.5. The second kappa shape index (κ2) is 8.42. The molecule has 7 heteroatoms. The van der Waals surface area contributed by atoms with Gasteiger partial charge in [0.15, 0.2) is 0 Å². The van der Waals surface area contributed by atoms with E-state index in [1.807, 2.05) is 24.3 Å². The fourth-order valence-electron chi connectivity index (χ4n) is 2.48. The van der Waals surface area contributed by atoms with Crippen molar-refractivity contribution in [3.8, 4) is 0 Å². The molecule has 7 nitrogen and oxygen atoms in total. The predicted octanol–water partition coefficient (Wildman–Crippen LogP) is 2.70. The van der Waals surface area contributed by atoms with Crippen LogP contribution in [0.5, 0.6) is 0 Å². The Kier molecular flexibility index (Phi) is 6.27. The number of hydrogen-bond acceptors (Lipinski definition) is 6. The van der Waals surface area contributed by atoms with Gasteiger partial charge in [-0.25, -0.2) is 0 Å². The number of carbonyl (C=O) groups excluding carboxylic acids is 3. The van der Waals surface area contributed by atoms with Gasteiger partial charge in [-0.05, 0) is 18.6 Å². The second-order valence-electron chi connectivity index (χ2n) is 6.03.